The quantitative estimate of drug-likeness (QED) is 0.435. The van der Waals surface area contributed by atoms with Crippen LogP contribution in [0.3, 0.4) is 0 Å². The Labute approximate surface area is 185 Å². The van der Waals surface area contributed by atoms with E-state index in [9.17, 15) is 4.79 Å². The maximum atomic E-state index is 12.7. The van der Waals surface area contributed by atoms with Crippen molar-refractivity contribution in [3.05, 3.63) is 48.5 Å². The van der Waals surface area contributed by atoms with Crippen molar-refractivity contribution < 1.29 is 9.53 Å². The van der Waals surface area contributed by atoms with Crippen LogP contribution < -0.4 is 10.1 Å². The lowest BCUT2D eigenvalue weighted by Crippen LogP contribution is -2.37. The number of para-hydroxylation sites is 1. The molecule has 0 saturated heterocycles. The molecule has 0 aliphatic heterocycles. The lowest BCUT2D eigenvalue weighted by Gasteiger charge is -2.16. The Bertz CT molecular complexity index is 1220. The molecule has 1 N–H and O–H groups in total. The van der Waals surface area contributed by atoms with Crippen LogP contribution in [0.25, 0.3) is 27.9 Å². The highest BCUT2D eigenvalue weighted by molar-refractivity contribution is 8.00. The number of methoxy groups -OCH3 is 1. The number of nitrogens with one attached hydrogen (secondary N) is 1. The number of ether oxygens (including phenoxy) is 1. The van der Waals surface area contributed by atoms with E-state index >= 15 is 0 Å². The van der Waals surface area contributed by atoms with Crippen LogP contribution >= 0.6 is 11.8 Å². The van der Waals surface area contributed by atoms with E-state index in [1.165, 1.54) is 11.8 Å². The fourth-order valence-corrected chi connectivity index (χ4v) is 4.36. The molecule has 4 rings (SSSR count). The zero-order chi connectivity index (χ0) is 22.0. The van der Waals surface area contributed by atoms with E-state index in [2.05, 4.69) is 15.5 Å². The minimum Gasteiger partial charge on any atom is -0.497 e. The molecule has 8 heteroatoms. The molecule has 4 aromatic rings. The van der Waals surface area contributed by atoms with Gasteiger partial charge >= 0.3 is 0 Å². The second-order valence-corrected chi connectivity index (χ2v) is 8.67. The summed E-state index contributed by atoms with van der Waals surface area (Å²) in [6.45, 7) is 5.91. The van der Waals surface area contributed by atoms with Gasteiger partial charge in [-0.05, 0) is 56.7 Å². The summed E-state index contributed by atoms with van der Waals surface area (Å²) in [5.41, 5.74) is 2.48. The number of hydrogen-bond acceptors (Lipinski definition) is 6. The summed E-state index contributed by atoms with van der Waals surface area (Å²) < 4.78 is 7.24. The van der Waals surface area contributed by atoms with Gasteiger partial charge in [-0.1, -0.05) is 30.8 Å². The highest BCUT2D eigenvalue weighted by atomic mass is 32.2. The van der Waals surface area contributed by atoms with E-state index < -0.39 is 0 Å². The molecule has 1 atom stereocenters. The number of hydrogen-bond donors (Lipinski definition) is 1. The number of nitrogens with zero attached hydrogens (tertiary/aromatic N) is 4. The second-order valence-electron chi connectivity index (χ2n) is 7.50. The van der Waals surface area contributed by atoms with Gasteiger partial charge < -0.3 is 10.1 Å². The summed E-state index contributed by atoms with van der Waals surface area (Å²) >= 11 is 1.41. The first-order chi connectivity index (χ1) is 15.0. The Hall–Kier alpha value is -3.13. The third kappa shape index (κ3) is 4.20. The van der Waals surface area contributed by atoms with Crippen LogP contribution in [-0.2, 0) is 4.79 Å². The van der Waals surface area contributed by atoms with E-state index in [0.29, 0.717) is 11.6 Å². The summed E-state index contributed by atoms with van der Waals surface area (Å²) in [6.07, 6.45) is 0.678. The summed E-state index contributed by atoms with van der Waals surface area (Å²) in [4.78, 5) is 17.6. The van der Waals surface area contributed by atoms with E-state index in [1.807, 2.05) is 73.7 Å². The van der Waals surface area contributed by atoms with Gasteiger partial charge in [0.05, 0.1) is 17.9 Å². The molecular weight excluding hydrogens is 410 g/mol. The van der Waals surface area contributed by atoms with Gasteiger partial charge in [-0.3, -0.25) is 9.20 Å². The maximum Gasteiger partial charge on any atom is 0.233 e. The maximum absolute atomic E-state index is 12.7. The van der Waals surface area contributed by atoms with Gasteiger partial charge in [-0.15, -0.1) is 10.2 Å². The highest BCUT2D eigenvalue weighted by Crippen LogP contribution is 2.32. The molecule has 31 heavy (non-hydrogen) atoms. The standard InChI is InChI=1S/C23H25N5O2S/c1-5-19(22(29)24-14(2)3)31-23-27-26-21-17-8-6-7-9-18(17)25-20(28(21)23)15-10-12-16(30-4)13-11-15/h6-14,19H,5H2,1-4H3,(H,24,29)/t19-/m0/s1. The topological polar surface area (TPSA) is 81.4 Å². The predicted molar refractivity (Wildman–Crippen MR) is 123 cm³/mol. The van der Waals surface area contributed by atoms with E-state index in [0.717, 1.165) is 33.7 Å². The first-order valence-electron chi connectivity index (χ1n) is 10.3. The third-order valence-electron chi connectivity index (χ3n) is 4.91. The monoisotopic (exact) mass is 435 g/mol. The van der Waals surface area contributed by atoms with Crippen LogP contribution in [0, 0.1) is 0 Å². The second kappa shape index (κ2) is 8.93. The Morgan fingerprint density at radius 1 is 1.13 bits per heavy atom. The molecule has 2 aromatic heterocycles. The van der Waals surface area contributed by atoms with Crippen molar-refractivity contribution >= 4 is 34.2 Å². The number of thioether (sulfide) groups is 1. The molecule has 1 amide bonds. The van der Waals surface area contributed by atoms with Gasteiger partial charge in [0.15, 0.2) is 10.8 Å². The molecule has 0 saturated carbocycles. The van der Waals surface area contributed by atoms with Crippen LogP contribution in [0.15, 0.2) is 53.7 Å². The number of carbonyl (C=O) groups is 1. The average Bonchev–Trinajstić information content (AvgIpc) is 3.20. The molecule has 0 aliphatic carbocycles. The van der Waals surface area contributed by atoms with Crippen LogP contribution in [0.2, 0.25) is 0 Å². The number of benzene rings is 2. The molecule has 0 fully saturated rings. The Kier molecular flexibility index (Phi) is 6.08. The summed E-state index contributed by atoms with van der Waals surface area (Å²) in [5, 5.41) is 13.2. The zero-order valence-corrected chi connectivity index (χ0v) is 18.8. The van der Waals surface area contributed by atoms with Crippen LogP contribution in [0.4, 0.5) is 0 Å². The van der Waals surface area contributed by atoms with Crippen molar-refractivity contribution in [2.45, 2.75) is 43.6 Å². The number of rotatable bonds is 7. The Balaban J connectivity index is 1.86. The van der Waals surface area contributed by atoms with Gasteiger partial charge in [0.1, 0.15) is 11.6 Å². The fraction of sp³-hybridized carbons (Fsp3) is 0.304. The summed E-state index contributed by atoms with van der Waals surface area (Å²) in [7, 11) is 1.64. The molecule has 2 aromatic carbocycles. The lowest BCUT2D eigenvalue weighted by molar-refractivity contribution is -0.121. The molecule has 0 aliphatic rings. The minimum atomic E-state index is -0.273. The molecule has 160 valence electrons. The number of aromatic nitrogens is 4. The first kappa shape index (κ1) is 21.1. The molecular formula is C23H25N5O2S. The van der Waals surface area contributed by atoms with Gasteiger partial charge in [0, 0.05) is 17.0 Å². The van der Waals surface area contributed by atoms with Crippen molar-refractivity contribution in [3.8, 4) is 17.1 Å². The summed E-state index contributed by atoms with van der Waals surface area (Å²) in [6, 6.07) is 15.7. The third-order valence-corrected chi connectivity index (χ3v) is 6.21. The SMILES string of the molecule is CC[C@H](Sc1nnc2c3ccccc3nc(-c3ccc(OC)cc3)n12)C(=O)NC(C)C. The molecule has 0 unspecified atom stereocenters. The van der Waals surface area contributed by atoms with Crippen molar-refractivity contribution in [2.24, 2.45) is 0 Å². The van der Waals surface area contributed by atoms with Crippen LogP contribution in [0.1, 0.15) is 27.2 Å². The average molecular weight is 436 g/mol. The smallest absolute Gasteiger partial charge is 0.233 e. The normalized spacial score (nSPS) is 12.4. The van der Waals surface area contributed by atoms with Crippen molar-refractivity contribution in [1.29, 1.82) is 0 Å². The predicted octanol–water partition coefficient (Wildman–Crippen LogP) is 4.35. The molecule has 0 spiro atoms. The van der Waals surface area contributed by atoms with Gasteiger partial charge in [-0.2, -0.15) is 0 Å². The fourth-order valence-electron chi connectivity index (χ4n) is 3.40. The van der Waals surface area contributed by atoms with E-state index in [-0.39, 0.29) is 17.2 Å². The van der Waals surface area contributed by atoms with E-state index in [4.69, 9.17) is 9.72 Å². The largest absolute Gasteiger partial charge is 0.497 e. The Morgan fingerprint density at radius 2 is 1.87 bits per heavy atom. The van der Waals surface area contributed by atoms with Gasteiger partial charge in [0.2, 0.25) is 5.91 Å². The van der Waals surface area contributed by atoms with Gasteiger partial charge in [-0.25, -0.2) is 4.98 Å². The van der Waals surface area contributed by atoms with E-state index in [1.54, 1.807) is 7.11 Å². The molecule has 7 nitrogen and oxygen atoms in total. The zero-order valence-electron chi connectivity index (χ0n) is 18.0. The van der Waals surface area contributed by atoms with Crippen LogP contribution in [0.5, 0.6) is 5.75 Å². The van der Waals surface area contributed by atoms with Crippen molar-refractivity contribution in [2.75, 3.05) is 7.11 Å². The van der Waals surface area contributed by atoms with Crippen molar-refractivity contribution in [3.63, 3.8) is 0 Å². The van der Waals surface area contributed by atoms with Crippen LogP contribution in [-0.4, -0.2) is 43.9 Å². The number of fused-ring (bicyclic) bond motifs is 3. The molecule has 0 radical (unpaired) electrons. The van der Waals surface area contributed by atoms with Crippen molar-refractivity contribution in [1.82, 2.24) is 24.9 Å². The lowest BCUT2D eigenvalue weighted by atomic mass is 10.1. The summed E-state index contributed by atoms with van der Waals surface area (Å²) in [5.74, 6) is 1.50. The Morgan fingerprint density at radius 3 is 2.55 bits per heavy atom. The highest BCUT2D eigenvalue weighted by Gasteiger charge is 2.24. The minimum absolute atomic E-state index is 0.000930. The first-order valence-corrected chi connectivity index (χ1v) is 11.1. The van der Waals surface area contributed by atoms with Gasteiger partial charge in [0.25, 0.3) is 0 Å². The molecule has 0 bridgehead atoms. The molecule has 2 heterocycles. The number of carbonyl (C=O) groups excluding carboxylic acids is 1. The number of amides is 1.